The van der Waals surface area contributed by atoms with Gasteiger partial charge in [0.05, 0.1) is 0 Å². The molecule has 1 N–H and O–H groups in total. The minimum absolute atomic E-state index is 0.151. The van der Waals surface area contributed by atoms with Gasteiger partial charge in [-0.2, -0.15) is 0 Å². The minimum atomic E-state index is -0.727. The topological polar surface area (TPSA) is 71.4 Å². The number of carboxylic acid groups (broad SMARTS) is 1. The third-order valence-electron chi connectivity index (χ3n) is 6.37. The molecule has 0 aliphatic heterocycles. The second-order valence-electron chi connectivity index (χ2n) is 8.20. The number of aliphatic carboxylic acids is 1. The highest BCUT2D eigenvalue weighted by atomic mass is 16.4. The summed E-state index contributed by atoms with van der Waals surface area (Å²) in [5, 5.41) is 8.65. The lowest BCUT2D eigenvalue weighted by atomic mass is 9.84. The van der Waals surface area contributed by atoms with Crippen LogP contribution < -0.4 is 0 Å². The first kappa shape index (κ1) is 20.1. The molecule has 0 radical (unpaired) electrons. The van der Waals surface area contributed by atoms with Crippen LogP contribution in [0.1, 0.15) is 96.8 Å². The number of carbonyl (C=O) groups is 3. The standard InChI is InChI=1S/C21H34O4/c1-2-3-6-9-17(22)14-16-15-21(16)13-12-19(23)18(21)10-7-4-5-8-11-20(24)25/h16,18H,2-15H2,1H3,(H,24,25)/t16-,18-,21?/m0/s1. The summed E-state index contributed by atoms with van der Waals surface area (Å²) < 4.78 is 0. The number of carbonyl (C=O) groups excluding carboxylic acids is 2. The smallest absolute Gasteiger partial charge is 0.303 e. The van der Waals surface area contributed by atoms with Gasteiger partial charge in [-0.05, 0) is 43.4 Å². The second-order valence-corrected chi connectivity index (χ2v) is 8.20. The fraction of sp³-hybridized carbons (Fsp3) is 0.857. The first-order valence-corrected chi connectivity index (χ1v) is 10.3. The van der Waals surface area contributed by atoms with E-state index >= 15 is 0 Å². The third kappa shape index (κ3) is 5.65. The lowest BCUT2D eigenvalue weighted by Crippen LogP contribution is -2.18. The van der Waals surface area contributed by atoms with Crippen molar-refractivity contribution in [1.29, 1.82) is 0 Å². The molecule has 0 heterocycles. The Labute approximate surface area is 151 Å². The molecule has 0 aromatic heterocycles. The Bertz CT molecular complexity index is 484. The van der Waals surface area contributed by atoms with E-state index in [0.717, 1.165) is 64.2 Å². The summed E-state index contributed by atoms with van der Waals surface area (Å²) >= 11 is 0. The van der Waals surface area contributed by atoms with Gasteiger partial charge in [-0.15, -0.1) is 0 Å². The molecule has 2 aliphatic rings. The molecule has 1 unspecified atom stereocenters. The first-order valence-electron chi connectivity index (χ1n) is 10.3. The Hall–Kier alpha value is -1.19. The summed E-state index contributed by atoms with van der Waals surface area (Å²) in [5.74, 6) is 0.688. The maximum Gasteiger partial charge on any atom is 0.303 e. The SMILES string of the molecule is CCCCCC(=O)C[C@H]1CC12CCC(=O)[C@@H]2CCCCCCC(=O)O. The van der Waals surface area contributed by atoms with E-state index < -0.39 is 5.97 Å². The molecule has 0 aromatic rings. The van der Waals surface area contributed by atoms with E-state index in [1.165, 1.54) is 0 Å². The molecule has 2 rings (SSSR count). The van der Waals surface area contributed by atoms with Gasteiger partial charge in [-0.1, -0.05) is 39.0 Å². The predicted octanol–water partition coefficient (Wildman–Crippen LogP) is 4.94. The second kappa shape index (κ2) is 9.49. The van der Waals surface area contributed by atoms with Gasteiger partial charge >= 0.3 is 5.97 Å². The van der Waals surface area contributed by atoms with E-state index in [-0.39, 0.29) is 17.8 Å². The first-order chi connectivity index (χ1) is 12.0. The van der Waals surface area contributed by atoms with Gasteiger partial charge in [0.15, 0.2) is 0 Å². The van der Waals surface area contributed by atoms with Crippen molar-refractivity contribution in [2.24, 2.45) is 17.3 Å². The van der Waals surface area contributed by atoms with Crippen molar-refractivity contribution in [1.82, 2.24) is 0 Å². The normalized spacial score (nSPS) is 27.8. The van der Waals surface area contributed by atoms with Crippen molar-refractivity contribution in [2.75, 3.05) is 0 Å². The monoisotopic (exact) mass is 350 g/mol. The van der Waals surface area contributed by atoms with Crippen LogP contribution in [0.4, 0.5) is 0 Å². The number of unbranched alkanes of at least 4 members (excludes halogenated alkanes) is 5. The van der Waals surface area contributed by atoms with Crippen LogP contribution in [0.25, 0.3) is 0 Å². The molecule has 2 aliphatic carbocycles. The van der Waals surface area contributed by atoms with Crippen LogP contribution in [0, 0.1) is 17.3 Å². The van der Waals surface area contributed by atoms with E-state index in [2.05, 4.69) is 6.92 Å². The molecule has 1 spiro atoms. The lowest BCUT2D eigenvalue weighted by Gasteiger charge is -2.19. The summed E-state index contributed by atoms with van der Waals surface area (Å²) in [6.45, 7) is 2.15. The van der Waals surface area contributed by atoms with Gasteiger partial charge < -0.3 is 5.11 Å². The molecule has 4 nitrogen and oxygen atoms in total. The van der Waals surface area contributed by atoms with Crippen LogP contribution in [0.2, 0.25) is 0 Å². The molecule has 2 fully saturated rings. The highest BCUT2D eigenvalue weighted by Crippen LogP contribution is 2.67. The van der Waals surface area contributed by atoms with Gasteiger partial charge in [-0.25, -0.2) is 0 Å². The molecular formula is C21H34O4. The largest absolute Gasteiger partial charge is 0.481 e. The Morgan fingerprint density at radius 3 is 2.52 bits per heavy atom. The molecule has 0 bridgehead atoms. The van der Waals surface area contributed by atoms with Gasteiger partial charge in [0, 0.05) is 31.6 Å². The predicted molar refractivity (Wildman–Crippen MR) is 97.4 cm³/mol. The maximum absolute atomic E-state index is 12.3. The molecule has 4 heteroatoms. The highest BCUT2D eigenvalue weighted by molar-refractivity contribution is 5.86. The van der Waals surface area contributed by atoms with Gasteiger partial charge in [0.2, 0.25) is 0 Å². The molecule has 2 saturated carbocycles. The van der Waals surface area contributed by atoms with Crippen molar-refractivity contribution in [3.05, 3.63) is 0 Å². The Morgan fingerprint density at radius 1 is 1.08 bits per heavy atom. The summed E-state index contributed by atoms with van der Waals surface area (Å²) in [6.07, 6.45) is 12.3. The number of ketones is 2. The van der Waals surface area contributed by atoms with Crippen molar-refractivity contribution in [3.8, 4) is 0 Å². The van der Waals surface area contributed by atoms with E-state index in [1.807, 2.05) is 0 Å². The van der Waals surface area contributed by atoms with Crippen molar-refractivity contribution in [3.63, 3.8) is 0 Å². The van der Waals surface area contributed by atoms with Crippen LogP contribution in [0.5, 0.6) is 0 Å². The Morgan fingerprint density at radius 2 is 1.80 bits per heavy atom. The summed E-state index contributed by atoms with van der Waals surface area (Å²) in [4.78, 5) is 35.0. The third-order valence-corrected chi connectivity index (χ3v) is 6.37. The lowest BCUT2D eigenvalue weighted by molar-refractivity contribution is -0.137. The maximum atomic E-state index is 12.3. The number of Topliss-reactive ketones (excluding diaryl/α,β-unsaturated/α-hetero) is 2. The molecule has 0 aromatic carbocycles. The zero-order valence-corrected chi connectivity index (χ0v) is 15.7. The minimum Gasteiger partial charge on any atom is -0.481 e. The quantitative estimate of drug-likeness (QED) is 0.478. The summed E-state index contributed by atoms with van der Waals surface area (Å²) in [7, 11) is 0. The number of carboxylic acids is 1. The van der Waals surface area contributed by atoms with E-state index in [1.54, 1.807) is 0 Å². The van der Waals surface area contributed by atoms with Crippen LogP contribution >= 0.6 is 0 Å². The van der Waals surface area contributed by atoms with Crippen molar-refractivity contribution in [2.45, 2.75) is 96.8 Å². The fourth-order valence-electron chi connectivity index (χ4n) is 4.81. The van der Waals surface area contributed by atoms with Crippen LogP contribution in [0.15, 0.2) is 0 Å². The van der Waals surface area contributed by atoms with Gasteiger partial charge in [0.25, 0.3) is 0 Å². The number of hydrogen-bond acceptors (Lipinski definition) is 3. The number of rotatable bonds is 13. The Balaban J connectivity index is 1.70. The average molecular weight is 350 g/mol. The molecule has 0 amide bonds. The molecule has 142 valence electrons. The zero-order valence-electron chi connectivity index (χ0n) is 15.7. The fourth-order valence-corrected chi connectivity index (χ4v) is 4.81. The molecule has 3 atom stereocenters. The summed E-state index contributed by atoms with van der Waals surface area (Å²) in [5.41, 5.74) is 0.151. The van der Waals surface area contributed by atoms with Crippen LogP contribution in [-0.2, 0) is 14.4 Å². The average Bonchev–Trinajstić information content (AvgIpc) is 3.15. The van der Waals surface area contributed by atoms with Gasteiger partial charge in [0.1, 0.15) is 11.6 Å². The van der Waals surface area contributed by atoms with E-state index in [4.69, 9.17) is 5.11 Å². The van der Waals surface area contributed by atoms with Crippen molar-refractivity contribution >= 4 is 17.5 Å². The van der Waals surface area contributed by atoms with Crippen LogP contribution in [-0.4, -0.2) is 22.6 Å². The molecular weight excluding hydrogens is 316 g/mol. The number of hydrogen-bond donors (Lipinski definition) is 1. The molecule has 25 heavy (non-hydrogen) atoms. The zero-order chi connectivity index (χ0) is 18.3. The highest BCUT2D eigenvalue weighted by Gasteiger charge is 2.62. The van der Waals surface area contributed by atoms with E-state index in [9.17, 15) is 14.4 Å². The molecule has 0 saturated heterocycles. The van der Waals surface area contributed by atoms with Crippen LogP contribution in [0.3, 0.4) is 0 Å². The van der Waals surface area contributed by atoms with E-state index in [0.29, 0.717) is 36.7 Å². The van der Waals surface area contributed by atoms with Gasteiger partial charge in [-0.3, -0.25) is 14.4 Å². The Kier molecular flexibility index (Phi) is 7.64. The summed E-state index contributed by atoms with van der Waals surface area (Å²) in [6, 6.07) is 0. The van der Waals surface area contributed by atoms with Crippen molar-refractivity contribution < 1.29 is 19.5 Å².